The number of phenolic OH excluding ortho intramolecular Hbond substituents is 2. The Labute approximate surface area is 210 Å². The van der Waals surface area contributed by atoms with Crippen LogP contribution in [-0.2, 0) is 22.7 Å². The van der Waals surface area contributed by atoms with E-state index in [4.69, 9.17) is 0 Å². The van der Waals surface area contributed by atoms with E-state index in [-0.39, 0.29) is 29.7 Å². The molecule has 8 nitrogen and oxygen atoms in total. The maximum Gasteiger partial charge on any atom is 0.229 e. The lowest BCUT2D eigenvalue weighted by atomic mass is 10.2. The Morgan fingerprint density at radius 3 is 1.55 bits per heavy atom. The normalized spacial score (nSPS) is 10.7. The van der Waals surface area contributed by atoms with E-state index in [9.17, 15) is 19.8 Å². The Kier molecular flexibility index (Phi) is 12.2. The van der Waals surface area contributed by atoms with Crippen molar-refractivity contribution in [2.24, 2.45) is 0 Å². The van der Waals surface area contributed by atoms with Gasteiger partial charge in [-0.3, -0.25) is 9.59 Å². The average molecular weight is 586 g/mol. The van der Waals surface area contributed by atoms with Crippen LogP contribution in [-0.4, -0.2) is 48.2 Å². The molecule has 0 aromatic heterocycles. The Morgan fingerprint density at radius 2 is 1.12 bits per heavy atom. The second-order valence-electron chi connectivity index (χ2n) is 7.48. The smallest absolute Gasteiger partial charge is 0.229 e. The summed E-state index contributed by atoms with van der Waals surface area (Å²) in [5.41, 5.74) is 1.60. The molecule has 0 fully saturated rings. The third-order valence-electron chi connectivity index (χ3n) is 4.74. The minimum absolute atomic E-state index is 0.196. The summed E-state index contributed by atoms with van der Waals surface area (Å²) in [5.74, 6) is -0.130. The number of carbonyl (C=O) groups excluding carboxylic acids is 2. The molecule has 0 radical (unpaired) electrons. The van der Waals surface area contributed by atoms with Crippen molar-refractivity contribution in [2.75, 3.05) is 26.2 Å². The van der Waals surface area contributed by atoms with Gasteiger partial charge in [-0.25, -0.2) is 0 Å². The largest absolute Gasteiger partial charge is 0.508 e. The summed E-state index contributed by atoms with van der Waals surface area (Å²) in [6, 6.07) is 10.5. The molecule has 0 aliphatic rings. The summed E-state index contributed by atoms with van der Waals surface area (Å²) in [6.45, 7) is 3.33. The van der Waals surface area contributed by atoms with Crippen molar-refractivity contribution >= 4 is 43.7 Å². The fourth-order valence-electron chi connectivity index (χ4n) is 2.99. The predicted octanol–water partition coefficient (Wildman–Crippen LogP) is 2.90. The molecule has 0 atom stereocenters. The first-order valence-corrected chi connectivity index (χ1v) is 12.3. The van der Waals surface area contributed by atoms with Crippen molar-refractivity contribution in [3.05, 3.63) is 56.5 Å². The molecule has 2 aromatic carbocycles. The number of carbonyl (C=O) groups is 2. The summed E-state index contributed by atoms with van der Waals surface area (Å²) < 4.78 is 1.81. The number of nitrogens with one attached hydrogen (secondary N) is 4. The lowest BCUT2D eigenvalue weighted by Crippen LogP contribution is -2.34. The predicted molar refractivity (Wildman–Crippen MR) is 135 cm³/mol. The summed E-state index contributed by atoms with van der Waals surface area (Å²) in [4.78, 5) is 23.7. The van der Waals surface area contributed by atoms with Crippen molar-refractivity contribution in [2.45, 2.75) is 32.4 Å². The highest BCUT2D eigenvalue weighted by Crippen LogP contribution is 2.22. The van der Waals surface area contributed by atoms with Crippen molar-refractivity contribution in [1.82, 2.24) is 21.3 Å². The fourth-order valence-corrected chi connectivity index (χ4v) is 3.81. The molecule has 0 aliphatic carbocycles. The van der Waals surface area contributed by atoms with Crippen LogP contribution in [0.1, 0.15) is 30.4 Å². The van der Waals surface area contributed by atoms with Gasteiger partial charge in [0, 0.05) is 46.3 Å². The molecule has 0 saturated heterocycles. The van der Waals surface area contributed by atoms with Gasteiger partial charge in [-0.1, -0.05) is 31.9 Å². The first kappa shape index (κ1) is 27.1. The maximum atomic E-state index is 11.9. The van der Waals surface area contributed by atoms with Crippen LogP contribution in [0.15, 0.2) is 45.3 Å². The lowest BCUT2D eigenvalue weighted by molar-refractivity contribution is -0.129. The average Bonchev–Trinajstić information content (AvgIpc) is 2.77. The zero-order valence-electron chi connectivity index (χ0n) is 18.3. The zero-order valence-corrected chi connectivity index (χ0v) is 21.5. The molecule has 2 rings (SSSR count). The number of halogens is 2. The van der Waals surface area contributed by atoms with E-state index in [0.717, 1.165) is 20.1 Å². The minimum Gasteiger partial charge on any atom is -0.508 e. The molecule has 0 bridgehead atoms. The molecule has 0 spiro atoms. The molecule has 2 aromatic rings. The van der Waals surface area contributed by atoms with Crippen LogP contribution in [0, 0.1) is 0 Å². The molecule has 0 heterocycles. The summed E-state index contributed by atoms with van der Waals surface area (Å²) >= 11 is 6.75. The van der Waals surface area contributed by atoms with Gasteiger partial charge >= 0.3 is 0 Å². The van der Waals surface area contributed by atoms with Gasteiger partial charge in [-0.2, -0.15) is 0 Å². The molecule has 180 valence electrons. The Balaban J connectivity index is 1.46. The summed E-state index contributed by atoms with van der Waals surface area (Å²) in [7, 11) is 0. The first-order chi connectivity index (χ1) is 15.8. The highest BCUT2D eigenvalue weighted by atomic mass is 79.9. The number of aromatic hydroxyl groups is 2. The van der Waals surface area contributed by atoms with Crippen LogP contribution in [0.4, 0.5) is 0 Å². The van der Waals surface area contributed by atoms with E-state index >= 15 is 0 Å². The molecule has 10 heteroatoms. The monoisotopic (exact) mass is 584 g/mol. The van der Waals surface area contributed by atoms with Crippen LogP contribution in [0.2, 0.25) is 0 Å². The Hall–Kier alpha value is -2.14. The number of benzene rings is 2. The molecule has 0 unspecified atom stereocenters. The van der Waals surface area contributed by atoms with Crippen LogP contribution in [0.3, 0.4) is 0 Å². The standard InChI is InChI=1S/C23H30Br2N4O4/c24-18-3-5-20(30)16(11-18)14-26-7-1-9-28-22(32)13-23(33)29-10-2-8-27-15-17-12-19(25)4-6-21(17)31/h3-6,11-12,26-27,30-31H,1-2,7-10,13-15H2,(H,28,32)(H,29,33). The number of phenols is 2. The van der Waals surface area contributed by atoms with Gasteiger partial charge in [0.05, 0.1) is 0 Å². The van der Waals surface area contributed by atoms with Crippen LogP contribution >= 0.6 is 31.9 Å². The topological polar surface area (TPSA) is 123 Å². The van der Waals surface area contributed by atoms with Gasteiger partial charge in [0.2, 0.25) is 11.8 Å². The zero-order chi connectivity index (χ0) is 24.1. The highest BCUT2D eigenvalue weighted by molar-refractivity contribution is 9.10. The van der Waals surface area contributed by atoms with Gasteiger partial charge < -0.3 is 31.5 Å². The molecule has 2 amide bonds. The number of amides is 2. The first-order valence-electron chi connectivity index (χ1n) is 10.7. The molecular formula is C23H30Br2N4O4. The van der Waals surface area contributed by atoms with E-state index < -0.39 is 0 Å². The van der Waals surface area contributed by atoms with Crippen molar-refractivity contribution in [1.29, 1.82) is 0 Å². The van der Waals surface area contributed by atoms with Crippen LogP contribution in [0.5, 0.6) is 11.5 Å². The van der Waals surface area contributed by atoms with Gasteiger partial charge in [0.15, 0.2) is 0 Å². The Bertz CT molecular complexity index is 854. The van der Waals surface area contributed by atoms with Gasteiger partial charge in [0.1, 0.15) is 17.9 Å². The molecule has 6 N–H and O–H groups in total. The fraction of sp³-hybridized carbons (Fsp3) is 0.391. The van der Waals surface area contributed by atoms with E-state index in [0.29, 0.717) is 52.1 Å². The van der Waals surface area contributed by atoms with E-state index in [1.807, 2.05) is 12.1 Å². The van der Waals surface area contributed by atoms with Crippen LogP contribution in [0.25, 0.3) is 0 Å². The second kappa shape index (κ2) is 14.9. The lowest BCUT2D eigenvalue weighted by Gasteiger charge is -2.09. The third-order valence-corrected chi connectivity index (χ3v) is 5.73. The molecule has 0 saturated carbocycles. The maximum absolute atomic E-state index is 11.9. The minimum atomic E-state index is -0.305. The van der Waals surface area contributed by atoms with Gasteiger partial charge in [0.25, 0.3) is 0 Å². The van der Waals surface area contributed by atoms with Crippen molar-refractivity contribution < 1.29 is 19.8 Å². The molecule has 33 heavy (non-hydrogen) atoms. The quantitative estimate of drug-likeness (QED) is 0.150. The van der Waals surface area contributed by atoms with Crippen molar-refractivity contribution in [3.8, 4) is 11.5 Å². The van der Waals surface area contributed by atoms with Gasteiger partial charge in [-0.15, -0.1) is 0 Å². The van der Waals surface area contributed by atoms with Crippen LogP contribution < -0.4 is 21.3 Å². The highest BCUT2D eigenvalue weighted by Gasteiger charge is 2.08. The number of hydrogen-bond acceptors (Lipinski definition) is 6. The molecule has 0 aliphatic heterocycles. The Morgan fingerprint density at radius 1 is 0.697 bits per heavy atom. The SMILES string of the molecule is O=C(CC(=O)NCCCNCc1cc(Br)ccc1O)NCCCNCc1cc(Br)ccc1O. The number of hydrogen-bond donors (Lipinski definition) is 6. The summed E-state index contributed by atoms with van der Waals surface area (Å²) in [6.07, 6.45) is 1.22. The van der Waals surface area contributed by atoms with Crippen molar-refractivity contribution in [3.63, 3.8) is 0 Å². The van der Waals surface area contributed by atoms with E-state index in [1.54, 1.807) is 24.3 Å². The summed E-state index contributed by atoms with van der Waals surface area (Å²) in [5, 5.41) is 31.5. The molecular weight excluding hydrogens is 556 g/mol. The van der Waals surface area contributed by atoms with E-state index in [1.165, 1.54) is 0 Å². The van der Waals surface area contributed by atoms with Gasteiger partial charge in [-0.05, 0) is 62.3 Å². The van der Waals surface area contributed by atoms with E-state index in [2.05, 4.69) is 53.1 Å². The third kappa shape index (κ3) is 11.0. The number of rotatable bonds is 14. The second-order valence-corrected chi connectivity index (χ2v) is 9.31.